The molecule has 1 aliphatic heterocycles. The highest BCUT2D eigenvalue weighted by molar-refractivity contribution is 7.89. The zero-order valence-electron chi connectivity index (χ0n) is 15.1. The van der Waals surface area contributed by atoms with Gasteiger partial charge in [-0.3, -0.25) is 5.10 Å². The van der Waals surface area contributed by atoms with Crippen molar-refractivity contribution in [2.45, 2.75) is 36.7 Å². The minimum Gasteiger partial charge on any atom is -0.282 e. The van der Waals surface area contributed by atoms with Gasteiger partial charge >= 0.3 is 0 Å². The van der Waals surface area contributed by atoms with Gasteiger partial charge in [0.25, 0.3) is 0 Å². The molecule has 28 heavy (non-hydrogen) atoms. The van der Waals surface area contributed by atoms with E-state index in [1.54, 1.807) is 46.9 Å². The smallest absolute Gasteiger partial charge is 0.244 e. The SMILES string of the molecule is CCC1c2cn[nH]c2CC(c2ccc(Cl)cc2)N1S(=O)(=O)c1ccc(Cl)cc1. The first kappa shape index (κ1) is 19.5. The molecule has 0 radical (unpaired) electrons. The summed E-state index contributed by atoms with van der Waals surface area (Å²) in [6.45, 7) is 1.98. The first-order valence-electron chi connectivity index (χ1n) is 8.98. The van der Waals surface area contributed by atoms with E-state index in [4.69, 9.17) is 23.2 Å². The van der Waals surface area contributed by atoms with Gasteiger partial charge in [0.15, 0.2) is 0 Å². The van der Waals surface area contributed by atoms with Gasteiger partial charge in [-0.1, -0.05) is 42.3 Å². The fourth-order valence-electron chi connectivity index (χ4n) is 3.82. The van der Waals surface area contributed by atoms with Crippen molar-refractivity contribution >= 4 is 33.2 Å². The lowest BCUT2D eigenvalue weighted by atomic mass is 9.91. The third kappa shape index (κ3) is 3.35. The Kier molecular flexibility index (Phi) is 5.22. The second-order valence-electron chi connectivity index (χ2n) is 6.79. The van der Waals surface area contributed by atoms with Crippen molar-refractivity contribution in [3.05, 3.63) is 81.6 Å². The Morgan fingerprint density at radius 1 is 1.07 bits per heavy atom. The maximum atomic E-state index is 13.7. The van der Waals surface area contributed by atoms with Gasteiger partial charge in [0.1, 0.15) is 0 Å². The molecule has 0 amide bonds. The molecule has 2 unspecified atom stereocenters. The maximum absolute atomic E-state index is 13.7. The number of nitrogens with one attached hydrogen (secondary N) is 1. The van der Waals surface area contributed by atoms with Crippen LogP contribution in [0.2, 0.25) is 10.0 Å². The number of aromatic amines is 1. The molecule has 5 nitrogen and oxygen atoms in total. The molecule has 146 valence electrons. The van der Waals surface area contributed by atoms with Gasteiger partial charge in [0.05, 0.1) is 23.2 Å². The molecular formula is C20H19Cl2N3O2S. The highest BCUT2D eigenvalue weighted by atomic mass is 35.5. The fourth-order valence-corrected chi connectivity index (χ4v) is 5.93. The predicted octanol–water partition coefficient (Wildman–Crippen LogP) is 5.16. The zero-order chi connectivity index (χ0) is 19.9. The van der Waals surface area contributed by atoms with Crippen molar-refractivity contribution in [3.8, 4) is 0 Å². The number of benzene rings is 2. The van der Waals surface area contributed by atoms with Gasteiger partial charge in [-0.15, -0.1) is 0 Å². The Hall–Kier alpha value is -1.86. The first-order chi connectivity index (χ1) is 13.4. The Bertz CT molecular complexity index is 1080. The number of hydrogen-bond acceptors (Lipinski definition) is 3. The lowest BCUT2D eigenvalue weighted by Crippen LogP contribution is -2.42. The molecule has 0 saturated carbocycles. The minimum absolute atomic E-state index is 0.223. The molecule has 1 N–H and O–H groups in total. The second kappa shape index (κ2) is 7.52. The third-order valence-corrected chi connectivity index (χ3v) is 7.59. The third-order valence-electron chi connectivity index (χ3n) is 5.15. The van der Waals surface area contributed by atoms with Crippen molar-refractivity contribution in [3.63, 3.8) is 0 Å². The van der Waals surface area contributed by atoms with Gasteiger partial charge < -0.3 is 0 Å². The van der Waals surface area contributed by atoms with E-state index in [-0.39, 0.29) is 17.0 Å². The number of H-pyrrole nitrogens is 1. The summed E-state index contributed by atoms with van der Waals surface area (Å²) in [6.07, 6.45) is 2.87. The number of halogens is 2. The Labute approximate surface area is 174 Å². The maximum Gasteiger partial charge on any atom is 0.244 e. The molecule has 1 aromatic heterocycles. The Morgan fingerprint density at radius 2 is 1.68 bits per heavy atom. The topological polar surface area (TPSA) is 66.1 Å². The molecule has 1 aliphatic rings. The molecule has 2 aromatic carbocycles. The summed E-state index contributed by atoms with van der Waals surface area (Å²) in [5, 5.41) is 8.31. The van der Waals surface area contributed by atoms with Gasteiger partial charge in [-0.2, -0.15) is 9.40 Å². The quantitative estimate of drug-likeness (QED) is 0.615. The number of fused-ring (bicyclic) bond motifs is 1. The van der Waals surface area contributed by atoms with Crippen LogP contribution in [0.5, 0.6) is 0 Å². The van der Waals surface area contributed by atoms with E-state index in [0.717, 1.165) is 16.8 Å². The van der Waals surface area contributed by atoms with Crippen molar-refractivity contribution in [1.82, 2.24) is 14.5 Å². The summed E-state index contributed by atoms with van der Waals surface area (Å²) in [5.41, 5.74) is 2.78. The average Bonchev–Trinajstić information content (AvgIpc) is 3.16. The lowest BCUT2D eigenvalue weighted by molar-refractivity contribution is 0.224. The van der Waals surface area contributed by atoms with Gasteiger partial charge in [-0.25, -0.2) is 8.42 Å². The molecule has 8 heteroatoms. The van der Waals surface area contributed by atoms with E-state index < -0.39 is 10.0 Å². The van der Waals surface area contributed by atoms with Crippen LogP contribution < -0.4 is 0 Å². The van der Waals surface area contributed by atoms with E-state index in [9.17, 15) is 8.42 Å². The van der Waals surface area contributed by atoms with Crippen LogP contribution in [0, 0.1) is 0 Å². The van der Waals surface area contributed by atoms with Crippen LogP contribution in [-0.2, 0) is 16.4 Å². The van der Waals surface area contributed by atoms with Crippen LogP contribution in [0.25, 0.3) is 0 Å². The molecule has 0 saturated heterocycles. The van der Waals surface area contributed by atoms with E-state index in [0.29, 0.717) is 22.9 Å². The molecule has 4 rings (SSSR count). The lowest BCUT2D eigenvalue weighted by Gasteiger charge is -2.40. The van der Waals surface area contributed by atoms with Gasteiger partial charge in [0, 0.05) is 27.7 Å². The summed E-state index contributed by atoms with van der Waals surface area (Å²) >= 11 is 12.0. The monoisotopic (exact) mass is 435 g/mol. The minimum atomic E-state index is -3.77. The van der Waals surface area contributed by atoms with Crippen LogP contribution in [-0.4, -0.2) is 22.9 Å². The predicted molar refractivity (Wildman–Crippen MR) is 110 cm³/mol. The molecule has 0 bridgehead atoms. The number of aromatic nitrogens is 2. The second-order valence-corrected chi connectivity index (χ2v) is 9.50. The van der Waals surface area contributed by atoms with Gasteiger partial charge in [-0.05, 0) is 48.4 Å². The zero-order valence-corrected chi connectivity index (χ0v) is 17.5. The summed E-state index contributed by atoms with van der Waals surface area (Å²) in [5.74, 6) is 0. The van der Waals surface area contributed by atoms with Crippen molar-refractivity contribution in [2.24, 2.45) is 0 Å². The highest BCUT2D eigenvalue weighted by Gasteiger charge is 2.43. The molecule has 3 aromatic rings. The number of hydrogen-bond donors (Lipinski definition) is 1. The summed E-state index contributed by atoms with van der Waals surface area (Å²) in [4.78, 5) is 0.223. The standard InChI is InChI=1S/C20H19Cl2N3O2S/c1-2-19-17-12-23-24-18(17)11-20(13-3-5-14(21)6-4-13)25(19)28(26,27)16-9-7-15(22)8-10-16/h3-10,12,19-20H,2,11H2,1H3,(H,23,24). The van der Waals surface area contributed by atoms with E-state index >= 15 is 0 Å². The van der Waals surface area contributed by atoms with Crippen LogP contribution >= 0.6 is 23.2 Å². The first-order valence-corrected chi connectivity index (χ1v) is 11.2. The molecule has 0 aliphatic carbocycles. The van der Waals surface area contributed by atoms with Gasteiger partial charge in [0.2, 0.25) is 10.0 Å². The van der Waals surface area contributed by atoms with E-state index in [1.165, 1.54) is 0 Å². The van der Waals surface area contributed by atoms with Crippen molar-refractivity contribution in [2.75, 3.05) is 0 Å². The van der Waals surface area contributed by atoms with E-state index in [1.807, 2.05) is 19.1 Å². The van der Waals surface area contributed by atoms with Crippen LogP contribution in [0.4, 0.5) is 0 Å². The summed E-state index contributed by atoms with van der Waals surface area (Å²) in [7, 11) is -3.77. The van der Waals surface area contributed by atoms with Crippen molar-refractivity contribution < 1.29 is 8.42 Å². The molecular weight excluding hydrogens is 417 g/mol. The molecule has 2 heterocycles. The van der Waals surface area contributed by atoms with Crippen LogP contribution in [0.3, 0.4) is 0 Å². The fraction of sp³-hybridized carbons (Fsp3) is 0.250. The summed E-state index contributed by atoms with van der Waals surface area (Å²) in [6, 6.07) is 12.9. The van der Waals surface area contributed by atoms with Crippen LogP contribution in [0.1, 0.15) is 42.2 Å². The number of rotatable bonds is 4. The highest BCUT2D eigenvalue weighted by Crippen LogP contribution is 2.44. The normalized spacial score (nSPS) is 20.1. The van der Waals surface area contributed by atoms with Crippen LogP contribution in [0.15, 0.2) is 59.6 Å². The van der Waals surface area contributed by atoms with E-state index in [2.05, 4.69) is 10.2 Å². The number of nitrogens with zero attached hydrogens (tertiary/aromatic N) is 2. The average molecular weight is 436 g/mol. The Balaban J connectivity index is 1.88. The molecule has 0 spiro atoms. The molecule has 2 atom stereocenters. The number of sulfonamides is 1. The largest absolute Gasteiger partial charge is 0.282 e. The van der Waals surface area contributed by atoms with Crippen molar-refractivity contribution in [1.29, 1.82) is 0 Å². The molecule has 0 fully saturated rings. The summed E-state index contributed by atoms with van der Waals surface area (Å²) < 4.78 is 29.0. The Morgan fingerprint density at radius 3 is 2.29 bits per heavy atom.